The number of nitrogens with one attached hydrogen (secondary N) is 1. The Morgan fingerprint density at radius 3 is 2.33 bits per heavy atom. The Labute approximate surface area is 55.5 Å². The van der Waals surface area contributed by atoms with E-state index in [9.17, 15) is 0 Å². The molecule has 0 bridgehead atoms. The quantitative estimate of drug-likeness (QED) is 0.313. The molecule has 0 heterocycles. The lowest BCUT2D eigenvalue weighted by atomic mass is 10.5. The topological polar surface area (TPSA) is 41.5 Å². The molecule has 0 atom stereocenters. The molecule has 0 aliphatic carbocycles. The molecule has 9 heavy (non-hydrogen) atoms. The summed E-state index contributed by atoms with van der Waals surface area (Å²) in [6.07, 6.45) is 0. The van der Waals surface area contributed by atoms with Crippen molar-refractivity contribution in [3.63, 3.8) is 0 Å². The molecule has 0 spiro atoms. The maximum absolute atomic E-state index is 7.98. The molecule has 0 radical (unpaired) electrons. The summed E-state index contributed by atoms with van der Waals surface area (Å²) in [5.74, 6) is 0. The molecule has 4 heteroatoms. The Balaban J connectivity index is 3.07. The van der Waals surface area contributed by atoms with Crippen LogP contribution in [-0.2, 0) is 4.84 Å². The summed E-state index contributed by atoms with van der Waals surface area (Å²) in [5.41, 5.74) is 1.63. The average molecular weight is 135 g/mol. The fourth-order valence-electron chi connectivity index (χ4n) is 0.365. The van der Waals surface area contributed by atoms with E-state index in [4.69, 9.17) is 5.21 Å². The first kappa shape index (κ1) is 8.84. The Kier molecular flexibility index (Phi) is 3.72. The van der Waals surface area contributed by atoms with Crippen molar-refractivity contribution in [1.29, 1.82) is 0 Å². The Hall–Kier alpha value is -0.160. The molecule has 0 saturated heterocycles. The molecule has 0 unspecified atom stereocenters. The van der Waals surface area contributed by atoms with E-state index in [2.05, 4.69) is 26.0 Å². The Morgan fingerprint density at radius 1 is 1.44 bits per heavy atom. The Bertz CT molecular complexity index is 69.8. The van der Waals surface area contributed by atoms with Crippen LogP contribution < -0.4 is 5.64 Å². The van der Waals surface area contributed by atoms with Gasteiger partial charge in [0.1, 0.15) is 13.2 Å². The number of rotatable bonds is 4. The van der Waals surface area contributed by atoms with Gasteiger partial charge < -0.3 is 4.48 Å². The molecule has 2 N–H and O–H groups in total. The lowest BCUT2D eigenvalue weighted by Crippen LogP contribution is -2.38. The predicted octanol–water partition coefficient (Wildman–Crippen LogP) is -0.397. The third-order valence-corrected chi connectivity index (χ3v) is 0.929. The summed E-state index contributed by atoms with van der Waals surface area (Å²) < 4.78 is 0.835. The zero-order valence-electron chi connectivity index (χ0n) is 6.22. The number of likely N-dealkylation sites (N-methyl/N-ethyl adjacent to an activating group) is 1. The Morgan fingerprint density at radius 2 is 2.00 bits per heavy atom. The first-order chi connectivity index (χ1) is 4.06. The number of hydrogen-bond donors (Lipinski definition) is 2. The minimum Gasteiger partial charge on any atom is -0.329 e. The van der Waals surface area contributed by atoms with Gasteiger partial charge >= 0.3 is 0 Å². The first-order valence-corrected chi connectivity index (χ1v) is 2.87. The van der Waals surface area contributed by atoms with Crippen LogP contribution in [0.25, 0.3) is 0 Å². The standard InChI is InChI=1S/C5H15N2O2/c1-7(2,3)4-5-9-6-8/h6,8H,4-5H2,1-3H3/q+1. The van der Waals surface area contributed by atoms with E-state index in [1.165, 1.54) is 0 Å². The highest BCUT2D eigenvalue weighted by Crippen LogP contribution is 1.86. The zero-order valence-corrected chi connectivity index (χ0v) is 6.22. The summed E-state index contributed by atoms with van der Waals surface area (Å²) in [6.45, 7) is 1.38. The van der Waals surface area contributed by atoms with Crippen molar-refractivity contribution in [1.82, 2.24) is 5.64 Å². The SMILES string of the molecule is C[N+](C)(C)CCONO. The van der Waals surface area contributed by atoms with E-state index in [0.717, 1.165) is 11.0 Å². The molecule has 0 saturated carbocycles. The molecular formula is C5H15N2O2+. The first-order valence-electron chi connectivity index (χ1n) is 2.87. The number of nitrogens with zero attached hydrogens (tertiary/aromatic N) is 1. The second-order valence-corrected chi connectivity index (χ2v) is 2.95. The maximum Gasteiger partial charge on any atom is 0.120 e. The maximum atomic E-state index is 7.98. The monoisotopic (exact) mass is 135 g/mol. The summed E-state index contributed by atoms with van der Waals surface area (Å²) >= 11 is 0. The molecule has 0 fully saturated rings. The van der Waals surface area contributed by atoms with Crippen LogP contribution in [0.2, 0.25) is 0 Å². The minimum atomic E-state index is 0.514. The fraction of sp³-hybridized carbons (Fsp3) is 1.00. The van der Waals surface area contributed by atoms with Gasteiger partial charge in [0.15, 0.2) is 0 Å². The van der Waals surface area contributed by atoms with Crippen LogP contribution in [0.5, 0.6) is 0 Å². The van der Waals surface area contributed by atoms with Crippen molar-refractivity contribution in [2.24, 2.45) is 0 Å². The molecule has 0 amide bonds. The van der Waals surface area contributed by atoms with Crippen molar-refractivity contribution < 1.29 is 14.5 Å². The zero-order chi connectivity index (χ0) is 7.33. The van der Waals surface area contributed by atoms with Crippen LogP contribution in [0.4, 0.5) is 0 Å². The van der Waals surface area contributed by atoms with Gasteiger partial charge in [-0.15, -0.1) is 0 Å². The van der Waals surface area contributed by atoms with Crippen molar-refractivity contribution in [2.45, 2.75) is 0 Å². The molecule has 56 valence electrons. The smallest absolute Gasteiger partial charge is 0.120 e. The largest absolute Gasteiger partial charge is 0.329 e. The van der Waals surface area contributed by atoms with E-state index in [-0.39, 0.29) is 0 Å². The summed E-state index contributed by atoms with van der Waals surface area (Å²) in [7, 11) is 6.17. The van der Waals surface area contributed by atoms with E-state index in [1.807, 2.05) is 0 Å². The highest BCUT2D eigenvalue weighted by Gasteiger charge is 2.04. The van der Waals surface area contributed by atoms with Crippen LogP contribution in [0.15, 0.2) is 0 Å². The lowest BCUT2D eigenvalue weighted by Gasteiger charge is -2.22. The number of hydrogen-bond acceptors (Lipinski definition) is 3. The fourth-order valence-corrected chi connectivity index (χ4v) is 0.365. The highest BCUT2D eigenvalue weighted by atomic mass is 16.8. The van der Waals surface area contributed by atoms with Gasteiger partial charge in [0, 0.05) is 0 Å². The summed E-state index contributed by atoms with van der Waals surface area (Å²) in [4.78, 5) is 4.50. The summed E-state index contributed by atoms with van der Waals surface area (Å²) in [5, 5.41) is 7.98. The summed E-state index contributed by atoms with van der Waals surface area (Å²) in [6, 6.07) is 0. The van der Waals surface area contributed by atoms with Gasteiger partial charge in [-0.1, -0.05) is 5.64 Å². The van der Waals surface area contributed by atoms with Crippen molar-refractivity contribution in [3.05, 3.63) is 0 Å². The number of quaternary nitrogens is 1. The second-order valence-electron chi connectivity index (χ2n) is 2.95. The van der Waals surface area contributed by atoms with Crippen LogP contribution >= 0.6 is 0 Å². The van der Waals surface area contributed by atoms with Gasteiger partial charge in [0.05, 0.1) is 21.1 Å². The van der Waals surface area contributed by atoms with Gasteiger partial charge in [0.25, 0.3) is 0 Å². The highest BCUT2D eigenvalue weighted by molar-refractivity contribution is 4.22. The second kappa shape index (κ2) is 3.79. The molecule has 4 nitrogen and oxygen atoms in total. The minimum absolute atomic E-state index is 0.514. The van der Waals surface area contributed by atoms with Gasteiger partial charge in [-0.25, -0.2) is 0 Å². The van der Waals surface area contributed by atoms with Gasteiger partial charge in [0.2, 0.25) is 0 Å². The van der Waals surface area contributed by atoms with E-state index >= 15 is 0 Å². The van der Waals surface area contributed by atoms with Crippen LogP contribution in [0.1, 0.15) is 0 Å². The predicted molar refractivity (Wildman–Crippen MR) is 33.8 cm³/mol. The van der Waals surface area contributed by atoms with Gasteiger partial charge in [-0.05, 0) is 0 Å². The average Bonchev–Trinajstić information content (AvgIpc) is 1.63. The molecular weight excluding hydrogens is 120 g/mol. The molecule has 0 aromatic heterocycles. The molecule has 0 rings (SSSR count). The third kappa shape index (κ3) is 7.84. The van der Waals surface area contributed by atoms with Crippen molar-refractivity contribution in [2.75, 3.05) is 34.3 Å². The van der Waals surface area contributed by atoms with E-state index in [0.29, 0.717) is 6.61 Å². The van der Waals surface area contributed by atoms with Crippen LogP contribution in [-0.4, -0.2) is 44.0 Å². The van der Waals surface area contributed by atoms with E-state index in [1.54, 1.807) is 5.64 Å². The normalized spacial score (nSPS) is 12.0. The molecule has 0 aliphatic heterocycles. The molecule has 0 aromatic rings. The lowest BCUT2D eigenvalue weighted by molar-refractivity contribution is -0.871. The van der Waals surface area contributed by atoms with Gasteiger partial charge in [-0.2, -0.15) is 0 Å². The van der Waals surface area contributed by atoms with Crippen molar-refractivity contribution >= 4 is 0 Å². The molecule has 0 aromatic carbocycles. The van der Waals surface area contributed by atoms with Crippen molar-refractivity contribution in [3.8, 4) is 0 Å². The van der Waals surface area contributed by atoms with Crippen LogP contribution in [0, 0.1) is 0 Å². The van der Waals surface area contributed by atoms with Crippen LogP contribution in [0.3, 0.4) is 0 Å². The van der Waals surface area contributed by atoms with E-state index < -0.39 is 0 Å². The third-order valence-electron chi connectivity index (χ3n) is 0.929. The molecule has 0 aliphatic rings. The van der Waals surface area contributed by atoms with Gasteiger partial charge in [-0.3, -0.25) is 10.0 Å².